The van der Waals surface area contributed by atoms with Gasteiger partial charge in [0.15, 0.2) is 11.4 Å². The standard InChI is InChI=1S/C27H30FN3O8/c1-30(2)20-15-6-10-5-12-17(21(32)14-8-31(7-13(14)19(12)28)11-3-4-39-9-11)22(33)16(10)24(35)27(15,38)25(36)18(23(20)34)26(29)37/h10-11,15,20,32-33,36,38H,3-9H2,1-2H3,(H2,29,37)/t10-,11+,15-,20-,27-/m0/s1. The number of Topliss-reactive ketones (excluding diaryl/α,β-unsaturated/α-hetero) is 2. The number of fused-ring (bicyclic) bond motifs is 4. The fourth-order valence-electron chi connectivity index (χ4n) is 7.31. The Balaban J connectivity index is 1.50. The van der Waals surface area contributed by atoms with Crippen molar-refractivity contribution in [2.45, 2.75) is 50.0 Å². The Morgan fingerprint density at radius 2 is 1.85 bits per heavy atom. The molecule has 2 aliphatic heterocycles. The average molecular weight is 544 g/mol. The van der Waals surface area contributed by atoms with Crippen LogP contribution in [0.3, 0.4) is 0 Å². The van der Waals surface area contributed by atoms with E-state index in [1.165, 1.54) is 19.0 Å². The van der Waals surface area contributed by atoms with Gasteiger partial charge in [-0.2, -0.15) is 0 Å². The number of carbonyl (C=O) groups excluding carboxylic acids is 3. The summed E-state index contributed by atoms with van der Waals surface area (Å²) in [5.74, 6) is -8.03. The molecule has 6 N–H and O–H groups in total. The van der Waals surface area contributed by atoms with Crippen molar-refractivity contribution in [1.29, 1.82) is 0 Å². The smallest absolute Gasteiger partial charge is 0.255 e. The van der Waals surface area contributed by atoms with Gasteiger partial charge in [0.1, 0.15) is 28.7 Å². The maximum Gasteiger partial charge on any atom is 0.255 e. The summed E-state index contributed by atoms with van der Waals surface area (Å²) in [6.45, 7) is 1.60. The number of likely N-dealkylation sites (N-methyl/N-ethyl adjacent to an activating group) is 1. The van der Waals surface area contributed by atoms with Gasteiger partial charge < -0.3 is 30.9 Å². The first-order valence-electron chi connectivity index (χ1n) is 12.9. The van der Waals surface area contributed by atoms with Crippen LogP contribution in [0.15, 0.2) is 16.9 Å². The zero-order valence-corrected chi connectivity index (χ0v) is 21.5. The van der Waals surface area contributed by atoms with Crippen LogP contribution in [0.25, 0.3) is 5.76 Å². The van der Waals surface area contributed by atoms with Gasteiger partial charge in [0.05, 0.1) is 18.2 Å². The molecule has 2 fully saturated rings. The van der Waals surface area contributed by atoms with Gasteiger partial charge in [-0.3, -0.25) is 24.2 Å². The molecule has 1 aromatic carbocycles. The third kappa shape index (κ3) is 3.32. The summed E-state index contributed by atoms with van der Waals surface area (Å²) in [5, 5.41) is 45.2. The second-order valence-corrected chi connectivity index (χ2v) is 11.4. The Morgan fingerprint density at radius 3 is 2.46 bits per heavy atom. The molecule has 39 heavy (non-hydrogen) atoms. The van der Waals surface area contributed by atoms with Gasteiger partial charge >= 0.3 is 0 Å². The van der Waals surface area contributed by atoms with Crippen LogP contribution in [-0.2, 0) is 38.6 Å². The molecule has 0 radical (unpaired) electrons. The van der Waals surface area contributed by atoms with Gasteiger partial charge in [-0.05, 0) is 39.3 Å². The Bertz CT molecular complexity index is 1410. The van der Waals surface area contributed by atoms with E-state index in [1.807, 2.05) is 4.90 Å². The minimum absolute atomic E-state index is 0.0568. The second-order valence-electron chi connectivity index (χ2n) is 11.4. The molecule has 5 atom stereocenters. The summed E-state index contributed by atoms with van der Waals surface area (Å²) >= 11 is 0. The Morgan fingerprint density at radius 1 is 1.15 bits per heavy atom. The van der Waals surface area contributed by atoms with E-state index in [1.54, 1.807) is 0 Å². The number of nitrogens with zero attached hydrogens (tertiary/aromatic N) is 2. The van der Waals surface area contributed by atoms with Crippen LogP contribution in [0.1, 0.15) is 35.1 Å². The molecule has 3 aliphatic carbocycles. The van der Waals surface area contributed by atoms with Gasteiger partial charge in [-0.1, -0.05) is 0 Å². The van der Waals surface area contributed by atoms with E-state index in [4.69, 9.17) is 10.5 Å². The average Bonchev–Trinajstić information content (AvgIpc) is 3.55. The van der Waals surface area contributed by atoms with Crippen molar-refractivity contribution in [3.8, 4) is 5.75 Å². The molecule has 1 saturated heterocycles. The number of rotatable bonds is 3. The lowest BCUT2D eigenvalue weighted by atomic mass is 9.57. The molecule has 1 aromatic rings. The molecule has 0 aromatic heterocycles. The third-order valence-corrected chi connectivity index (χ3v) is 9.18. The third-order valence-electron chi connectivity index (χ3n) is 9.18. The largest absolute Gasteiger partial charge is 0.508 e. The molecule has 0 spiro atoms. The number of aromatic hydroxyl groups is 1. The van der Waals surface area contributed by atoms with E-state index in [9.17, 15) is 34.8 Å². The van der Waals surface area contributed by atoms with Crippen molar-refractivity contribution in [1.82, 2.24) is 9.80 Å². The molecule has 5 aliphatic rings. The van der Waals surface area contributed by atoms with Crippen LogP contribution in [-0.4, -0.2) is 92.7 Å². The Labute approximate surface area is 222 Å². The first-order chi connectivity index (χ1) is 18.4. The van der Waals surface area contributed by atoms with Crippen LogP contribution in [0, 0.1) is 17.7 Å². The number of phenols is 1. The maximum absolute atomic E-state index is 16.0. The number of primary amides is 1. The molecule has 12 heteroatoms. The van der Waals surface area contributed by atoms with Gasteiger partial charge in [-0.15, -0.1) is 0 Å². The molecule has 11 nitrogen and oxygen atoms in total. The number of aliphatic hydroxyl groups is 3. The van der Waals surface area contributed by atoms with Crippen LogP contribution < -0.4 is 5.73 Å². The monoisotopic (exact) mass is 543 g/mol. The minimum Gasteiger partial charge on any atom is -0.508 e. The summed E-state index contributed by atoms with van der Waals surface area (Å²) in [6, 6.07) is -1.13. The highest BCUT2D eigenvalue weighted by Gasteiger charge is 2.64. The van der Waals surface area contributed by atoms with Crippen LogP contribution >= 0.6 is 0 Å². The number of hydrogen-bond acceptors (Lipinski definition) is 10. The molecular formula is C27H30FN3O8. The number of halogens is 1. The molecule has 208 valence electrons. The number of amides is 1. The minimum atomic E-state index is -2.73. The van der Waals surface area contributed by atoms with E-state index in [0.29, 0.717) is 24.3 Å². The lowest BCUT2D eigenvalue weighted by Crippen LogP contribution is -2.65. The number of carbonyl (C=O) groups is 3. The van der Waals surface area contributed by atoms with Crippen molar-refractivity contribution < 1.29 is 43.9 Å². The summed E-state index contributed by atoms with van der Waals surface area (Å²) in [4.78, 5) is 42.6. The number of aliphatic hydroxyl groups excluding tert-OH is 2. The number of nitrogens with two attached hydrogens (primary N) is 1. The fraction of sp³-hybridized carbons (Fsp3) is 0.519. The fourth-order valence-corrected chi connectivity index (χ4v) is 7.31. The van der Waals surface area contributed by atoms with Crippen molar-refractivity contribution >= 4 is 23.2 Å². The normalized spacial score (nSPS) is 32.4. The quantitative estimate of drug-likeness (QED) is 0.332. The number of phenolic OH excluding ortho intramolecular Hbond substituents is 1. The predicted octanol–water partition coefficient (Wildman–Crippen LogP) is 0.208. The number of hydrogen-bond donors (Lipinski definition) is 5. The topological polar surface area (TPSA) is 174 Å². The van der Waals surface area contributed by atoms with E-state index in [0.717, 1.165) is 6.42 Å². The van der Waals surface area contributed by atoms with Crippen LogP contribution in [0.2, 0.25) is 0 Å². The van der Waals surface area contributed by atoms with Crippen molar-refractivity contribution in [3.63, 3.8) is 0 Å². The summed E-state index contributed by atoms with van der Waals surface area (Å²) in [7, 11) is 3.05. The number of benzene rings is 1. The molecular weight excluding hydrogens is 513 g/mol. The summed E-state index contributed by atoms with van der Waals surface area (Å²) in [5.41, 5.74) is 1.93. The van der Waals surface area contributed by atoms with Crippen LogP contribution in [0.4, 0.5) is 4.39 Å². The molecule has 2 heterocycles. The second kappa shape index (κ2) is 8.59. The van der Waals surface area contributed by atoms with Crippen molar-refractivity contribution in [3.05, 3.63) is 45.0 Å². The van der Waals surface area contributed by atoms with Gasteiger partial charge in [0, 0.05) is 53.9 Å². The van der Waals surface area contributed by atoms with E-state index < -0.39 is 63.9 Å². The SMILES string of the molecule is CN(C)[C@@H]1C(=O)C(C(N)=O)=C(O)[C@@]2(O)C(=O)C3=C(O)c4c(O)c5c(c(F)c4C[C@H]3C[C@@H]12)CN([C@@H]1CCOC1)C5. The van der Waals surface area contributed by atoms with E-state index >= 15 is 4.39 Å². The Hall–Kier alpha value is -3.32. The highest BCUT2D eigenvalue weighted by Crippen LogP contribution is 2.54. The molecule has 0 unspecified atom stereocenters. The Kier molecular flexibility index (Phi) is 5.71. The lowest BCUT2D eigenvalue weighted by molar-refractivity contribution is -0.153. The molecule has 1 amide bonds. The van der Waals surface area contributed by atoms with Crippen molar-refractivity contribution in [2.24, 2.45) is 17.6 Å². The summed E-state index contributed by atoms with van der Waals surface area (Å²) < 4.78 is 21.5. The molecule has 0 bridgehead atoms. The predicted molar refractivity (Wildman–Crippen MR) is 133 cm³/mol. The lowest BCUT2D eigenvalue weighted by Gasteiger charge is -2.50. The number of ketones is 2. The highest BCUT2D eigenvalue weighted by molar-refractivity contribution is 6.24. The first kappa shape index (κ1) is 25.9. The van der Waals surface area contributed by atoms with E-state index in [2.05, 4.69) is 0 Å². The van der Waals surface area contributed by atoms with Gasteiger partial charge in [-0.25, -0.2) is 4.39 Å². The molecule has 6 rings (SSSR count). The number of ether oxygens (including phenoxy) is 1. The maximum atomic E-state index is 16.0. The van der Waals surface area contributed by atoms with E-state index in [-0.39, 0.29) is 54.4 Å². The van der Waals surface area contributed by atoms with Gasteiger partial charge in [0.2, 0.25) is 5.78 Å². The highest BCUT2D eigenvalue weighted by atomic mass is 19.1. The van der Waals surface area contributed by atoms with Crippen molar-refractivity contribution in [2.75, 3.05) is 27.3 Å². The van der Waals surface area contributed by atoms with Crippen LogP contribution in [0.5, 0.6) is 5.75 Å². The summed E-state index contributed by atoms with van der Waals surface area (Å²) in [6.07, 6.45) is 0.611. The molecule has 1 saturated carbocycles. The first-order valence-corrected chi connectivity index (χ1v) is 12.9. The zero-order valence-electron chi connectivity index (χ0n) is 21.5. The zero-order chi connectivity index (χ0) is 28.1. The van der Waals surface area contributed by atoms with Gasteiger partial charge in [0.25, 0.3) is 5.91 Å².